The van der Waals surface area contributed by atoms with Gasteiger partial charge in [-0.05, 0) is 42.5 Å². The molecule has 1 aromatic heterocycles. The van der Waals surface area contributed by atoms with Gasteiger partial charge in [0.05, 0.1) is 0 Å². The van der Waals surface area contributed by atoms with Gasteiger partial charge in [-0.1, -0.05) is 43.3 Å². The Morgan fingerprint density at radius 2 is 1.69 bits per heavy atom. The van der Waals surface area contributed by atoms with Gasteiger partial charge in [-0.25, -0.2) is 4.98 Å². The summed E-state index contributed by atoms with van der Waals surface area (Å²) in [5.41, 5.74) is 0.340. The topological polar surface area (TPSA) is 48.5 Å². The molecule has 2 aromatic rings. The number of alkyl halides is 3. The van der Waals surface area contributed by atoms with E-state index in [0.717, 1.165) is 45.3 Å². The van der Waals surface area contributed by atoms with Crippen molar-refractivity contribution in [3.8, 4) is 0 Å². The molecule has 172 valence electrons. The van der Waals surface area contributed by atoms with E-state index in [-0.39, 0.29) is 17.6 Å². The highest BCUT2D eigenvalue weighted by Crippen LogP contribution is 2.32. The molecule has 5 nitrogen and oxygen atoms in total. The molecule has 1 aromatic carbocycles. The maximum atomic E-state index is 12.8. The normalized spacial score (nSPS) is 22.6. The number of nitrogens with one attached hydrogen (secondary N) is 1. The van der Waals surface area contributed by atoms with E-state index in [0.29, 0.717) is 18.3 Å². The van der Waals surface area contributed by atoms with Crippen LogP contribution in [0.2, 0.25) is 0 Å². The van der Waals surface area contributed by atoms with Gasteiger partial charge in [0.1, 0.15) is 11.5 Å². The van der Waals surface area contributed by atoms with Crippen LogP contribution < -0.4 is 5.32 Å². The quantitative estimate of drug-likeness (QED) is 0.695. The first-order chi connectivity index (χ1) is 15.3. The Labute approximate surface area is 186 Å². The number of nitrogens with zero attached hydrogens (tertiary/aromatic N) is 3. The third-order valence-corrected chi connectivity index (χ3v) is 6.50. The molecular weight excluding hydrogens is 417 g/mol. The van der Waals surface area contributed by atoms with Gasteiger partial charge in [-0.2, -0.15) is 13.2 Å². The lowest BCUT2D eigenvalue weighted by Crippen LogP contribution is -2.31. The van der Waals surface area contributed by atoms with E-state index in [1.165, 1.54) is 17.7 Å². The standard InChI is InChI=1S/C24H29F3N4O/c1-17(23(32)29-22-9-5-8-21(28-22)24(25,26)27)10-11-30-13-19-15-31(16-20(19)14-30)12-18-6-3-2-4-7-18/h2-9,17,19-20H,10-16H2,1H3,(H,28,29,32). The predicted molar refractivity (Wildman–Crippen MR) is 117 cm³/mol. The summed E-state index contributed by atoms with van der Waals surface area (Å²) in [6.45, 7) is 7.91. The summed E-state index contributed by atoms with van der Waals surface area (Å²) in [6.07, 6.45) is -3.87. The van der Waals surface area contributed by atoms with Gasteiger partial charge in [-0.3, -0.25) is 9.69 Å². The molecule has 0 radical (unpaired) electrons. The number of aromatic nitrogens is 1. The van der Waals surface area contributed by atoms with E-state index >= 15 is 0 Å². The number of pyridine rings is 1. The number of carbonyl (C=O) groups is 1. The number of amides is 1. The molecule has 3 heterocycles. The summed E-state index contributed by atoms with van der Waals surface area (Å²) in [5.74, 6) is 0.659. The largest absolute Gasteiger partial charge is 0.433 e. The van der Waals surface area contributed by atoms with Crippen LogP contribution in [-0.2, 0) is 17.5 Å². The molecule has 2 aliphatic heterocycles. The Morgan fingerprint density at radius 1 is 1.03 bits per heavy atom. The summed E-state index contributed by atoms with van der Waals surface area (Å²) >= 11 is 0. The van der Waals surface area contributed by atoms with Crippen molar-refractivity contribution in [2.75, 3.05) is 38.0 Å². The van der Waals surface area contributed by atoms with E-state index in [2.05, 4.69) is 44.4 Å². The van der Waals surface area contributed by atoms with Gasteiger partial charge < -0.3 is 10.2 Å². The highest BCUT2D eigenvalue weighted by atomic mass is 19.4. The molecule has 2 fully saturated rings. The molecule has 2 aliphatic rings. The lowest BCUT2D eigenvalue weighted by Gasteiger charge is -2.22. The van der Waals surface area contributed by atoms with Crippen LogP contribution >= 0.6 is 0 Å². The van der Waals surface area contributed by atoms with Crippen molar-refractivity contribution < 1.29 is 18.0 Å². The number of anilines is 1. The smallest absolute Gasteiger partial charge is 0.310 e. The lowest BCUT2D eigenvalue weighted by molar-refractivity contribution is -0.141. The van der Waals surface area contributed by atoms with Crippen molar-refractivity contribution in [1.29, 1.82) is 0 Å². The fraction of sp³-hybridized carbons (Fsp3) is 0.500. The fourth-order valence-corrected chi connectivity index (χ4v) is 4.76. The first-order valence-corrected chi connectivity index (χ1v) is 11.1. The third kappa shape index (κ3) is 5.66. The number of carbonyl (C=O) groups excluding carboxylic acids is 1. The zero-order valence-corrected chi connectivity index (χ0v) is 18.2. The van der Waals surface area contributed by atoms with Gasteiger partial charge in [-0.15, -0.1) is 0 Å². The Balaban J connectivity index is 1.20. The Hall–Kier alpha value is -2.45. The van der Waals surface area contributed by atoms with Gasteiger partial charge in [0.25, 0.3) is 0 Å². The molecule has 3 atom stereocenters. The summed E-state index contributed by atoms with van der Waals surface area (Å²) in [6, 6.07) is 14.1. The number of hydrogen-bond donors (Lipinski definition) is 1. The molecule has 1 amide bonds. The SMILES string of the molecule is CC(CCN1CC2CN(Cc3ccccc3)CC2C1)C(=O)Nc1cccc(C(F)(F)F)n1. The van der Waals surface area contributed by atoms with Gasteiger partial charge in [0.15, 0.2) is 0 Å². The minimum absolute atomic E-state index is 0.0640. The van der Waals surface area contributed by atoms with Crippen molar-refractivity contribution in [2.24, 2.45) is 17.8 Å². The summed E-state index contributed by atoms with van der Waals surface area (Å²) in [7, 11) is 0. The second-order valence-corrected chi connectivity index (χ2v) is 9.04. The molecule has 0 spiro atoms. The lowest BCUT2D eigenvalue weighted by atomic mass is 10.0. The van der Waals surface area contributed by atoms with Crippen molar-refractivity contribution in [3.05, 3.63) is 59.8 Å². The molecule has 2 saturated heterocycles. The molecule has 8 heteroatoms. The van der Waals surface area contributed by atoms with E-state index in [9.17, 15) is 18.0 Å². The van der Waals surface area contributed by atoms with Gasteiger partial charge in [0.2, 0.25) is 5.91 Å². The zero-order chi connectivity index (χ0) is 22.7. The van der Waals surface area contributed by atoms with Crippen molar-refractivity contribution in [2.45, 2.75) is 26.1 Å². The van der Waals surface area contributed by atoms with Crippen LogP contribution in [0.4, 0.5) is 19.0 Å². The Bertz CT molecular complexity index is 907. The predicted octanol–water partition coefficient (Wildman–Crippen LogP) is 4.13. The molecule has 4 rings (SSSR count). The highest BCUT2D eigenvalue weighted by molar-refractivity contribution is 5.91. The minimum Gasteiger partial charge on any atom is -0.310 e. The van der Waals surface area contributed by atoms with Crippen LogP contribution in [0, 0.1) is 17.8 Å². The number of halogens is 3. The molecule has 0 bridgehead atoms. The average molecular weight is 447 g/mol. The molecule has 32 heavy (non-hydrogen) atoms. The summed E-state index contributed by atoms with van der Waals surface area (Å²) in [4.78, 5) is 20.9. The van der Waals surface area contributed by atoms with Gasteiger partial charge >= 0.3 is 6.18 Å². The maximum Gasteiger partial charge on any atom is 0.433 e. The summed E-state index contributed by atoms with van der Waals surface area (Å²) < 4.78 is 38.4. The minimum atomic E-state index is -4.53. The van der Waals surface area contributed by atoms with E-state index < -0.39 is 11.9 Å². The number of rotatable bonds is 7. The second kappa shape index (κ2) is 9.58. The highest BCUT2D eigenvalue weighted by Gasteiger charge is 2.39. The van der Waals surface area contributed by atoms with Gasteiger partial charge in [0, 0.05) is 38.6 Å². The molecule has 1 N–H and O–H groups in total. The van der Waals surface area contributed by atoms with Crippen LogP contribution in [0.1, 0.15) is 24.6 Å². The molecule has 0 aliphatic carbocycles. The number of fused-ring (bicyclic) bond motifs is 1. The average Bonchev–Trinajstić information content (AvgIpc) is 3.30. The summed E-state index contributed by atoms with van der Waals surface area (Å²) in [5, 5.41) is 2.52. The number of likely N-dealkylation sites (tertiary alicyclic amines) is 2. The first-order valence-electron chi connectivity index (χ1n) is 11.1. The number of benzene rings is 1. The Morgan fingerprint density at radius 3 is 2.34 bits per heavy atom. The van der Waals surface area contributed by atoms with Crippen LogP contribution in [0.5, 0.6) is 0 Å². The van der Waals surface area contributed by atoms with E-state index in [1.807, 2.05) is 6.07 Å². The first kappa shape index (κ1) is 22.7. The Kier molecular flexibility index (Phi) is 6.81. The monoisotopic (exact) mass is 446 g/mol. The van der Waals surface area contributed by atoms with Crippen molar-refractivity contribution in [1.82, 2.24) is 14.8 Å². The second-order valence-electron chi connectivity index (χ2n) is 9.04. The fourth-order valence-electron chi connectivity index (χ4n) is 4.76. The molecular formula is C24H29F3N4O. The zero-order valence-electron chi connectivity index (χ0n) is 18.2. The van der Waals surface area contributed by atoms with Crippen LogP contribution in [-0.4, -0.2) is 53.4 Å². The van der Waals surface area contributed by atoms with Crippen LogP contribution in [0.25, 0.3) is 0 Å². The van der Waals surface area contributed by atoms with Crippen molar-refractivity contribution >= 4 is 11.7 Å². The molecule has 0 saturated carbocycles. The third-order valence-electron chi connectivity index (χ3n) is 6.50. The van der Waals surface area contributed by atoms with Crippen LogP contribution in [0.15, 0.2) is 48.5 Å². The van der Waals surface area contributed by atoms with E-state index in [1.54, 1.807) is 6.92 Å². The maximum absolute atomic E-state index is 12.8. The van der Waals surface area contributed by atoms with E-state index in [4.69, 9.17) is 0 Å². The molecule has 3 unspecified atom stereocenters. The number of hydrogen-bond acceptors (Lipinski definition) is 4. The van der Waals surface area contributed by atoms with Crippen molar-refractivity contribution in [3.63, 3.8) is 0 Å². The van der Waals surface area contributed by atoms with Crippen LogP contribution in [0.3, 0.4) is 0 Å².